The summed E-state index contributed by atoms with van der Waals surface area (Å²) in [6.07, 6.45) is 2.22. The molecule has 0 radical (unpaired) electrons. The average Bonchev–Trinajstić information content (AvgIpc) is 3.03. The molecule has 0 bridgehead atoms. The van der Waals surface area contributed by atoms with E-state index in [1.807, 2.05) is 18.2 Å². The number of hydrogen-bond acceptors (Lipinski definition) is 4. The lowest BCUT2D eigenvalue weighted by Crippen LogP contribution is -2.49. The van der Waals surface area contributed by atoms with Crippen molar-refractivity contribution in [2.45, 2.75) is 38.3 Å². The van der Waals surface area contributed by atoms with Gasteiger partial charge in [0.25, 0.3) is 0 Å². The van der Waals surface area contributed by atoms with Crippen LogP contribution in [0.4, 0.5) is 4.79 Å². The molecule has 8 heteroatoms. The molecule has 1 aromatic carbocycles. The third-order valence-electron chi connectivity index (χ3n) is 4.45. The first-order valence-corrected chi connectivity index (χ1v) is 9.09. The number of piperidine rings is 1. The molecule has 1 saturated heterocycles. The van der Waals surface area contributed by atoms with Gasteiger partial charge in [0, 0.05) is 11.0 Å². The van der Waals surface area contributed by atoms with Gasteiger partial charge in [-0.25, -0.2) is 9.78 Å². The summed E-state index contributed by atoms with van der Waals surface area (Å²) in [4.78, 5) is 34.0. The largest absolute Gasteiger partial charge is 0.453 e. The zero-order valence-corrected chi connectivity index (χ0v) is 15.8. The Hall–Kier alpha value is -2.09. The van der Waals surface area contributed by atoms with Gasteiger partial charge in [0.05, 0.1) is 24.2 Å². The first-order chi connectivity index (χ1) is 12.0. The van der Waals surface area contributed by atoms with Crippen molar-refractivity contribution in [3.8, 4) is 0 Å². The Bertz CT molecular complexity index is 791. The van der Waals surface area contributed by atoms with Crippen LogP contribution in [0.3, 0.4) is 0 Å². The Labute approximate surface area is 154 Å². The second-order valence-corrected chi connectivity index (χ2v) is 7.10. The number of amides is 2. The number of nitrogens with one attached hydrogen (secondary N) is 2. The molecule has 0 aliphatic carbocycles. The Morgan fingerprint density at radius 2 is 2.24 bits per heavy atom. The van der Waals surface area contributed by atoms with Gasteiger partial charge < -0.3 is 19.9 Å². The average molecular weight is 409 g/mol. The van der Waals surface area contributed by atoms with E-state index in [-0.39, 0.29) is 11.9 Å². The number of nitrogens with zero attached hydrogens (tertiary/aromatic N) is 2. The number of carbonyl (C=O) groups excluding carboxylic acids is 2. The van der Waals surface area contributed by atoms with Gasteiger partial charge in [-0.15, -0.1) is 0 Å². The molecule has 0 saturated carbocycles. The van der Waals surface area contributed by atoms with E-state index >= 15 is 0 Å². The molecule has 25 heavy (non-hydrogen) atoms. The monoisotopic (exact) mass is 408 g/mol. The lowest BCUT2D eigenvalue weighted by atomic mass is 10.0. The number of hydrogen-bond donors (Lipinski definition) is 2. The van der Waals surface area contributed by atoms with Crippen LogP contribution in [0.15, 0.2) is 22.7 Å². The number of alkyl carbamates (subject to hydrolysis) is 1. The molecule has 7 nitrogen and oxygen atoms in total. The minimum atomic E-state index is -0.647. The molecule has 134 valence electrons. The topological polar surface area (TPSA) is 87.3 Å². The molecule has 2 heterocycles. The van der Waals surface area contributed by atoms with E-state index in [1.54, 1.807) is 11.8 Å². The molecule has 2 aromatic rings. The zero-order chi connectivity index (χ0) is 18.0. The predicted molar refractivity (Wildman–Crippen MR) is 97.1 cm³/mol. The maximum atomic E-state index is 12.8. The summed E-state index contributed by atoms with van der Waals surface area (Å²) in [5, 5.41) is 2.54. The first-order valence-electron chi connectivity index (χ1n) is 8.29. The van der Waals surface area contributed by atoms with Crippen LogP contribution >= 0.6 is 15.9 Å². The Kier molecular flexibility index (Phi) is 5.27. The highest BCUT2D eigenvalue weighted by Crippen LogP contribution is 2.31. The Morgan fingerprint density at radius 1 is 1.44 bits per heavy atom. The highest BCUT2D eigenvalue weighted by atomic mass is 79.9. The summed E-state index contributed by atoms with van der Waals surface area (Å²) in [7, 11) is 1.28. The first kappa shape index (κ1) is 17.7. The zero-order valence-electron chi connectivity index (χ0n) is 14.2. The number of rotatable bonds is 3. The molecule has 2 atom stereocenters. The van der Waals surface area contributed by atoms with Crippen molar-refractivity contribution in [3.05, 3.63) is 28.5 Å². The molecular formula is C17H21BrN4O3. The fourth-order valence-corrected chi connectivity index (χ4v) is 3.55. The van der Waals surface area contributed by atoms with Gasteiger partial charge in [0.1, 0.15) is 11.9 Å². The van der Waals surface area contributed by atoms with Crippen LogP contribution in [0.5, 0.6) is 0 Å². The summed E-state index contributed by atoms with van der Waals surface area (Å²) in [6.45, 7) is 2.32. The molecule has 2 N–H and O–H groups in total. The fraction of sp³-hybridized carbons (Fsp3) is 0.471. The van der Waals surface area contributed by atoms with Gasteiger partial charge in [-0.3, -0.25) is 4.79 Å². The minimum absolute atomic E-state index is 0.116. The van der Waals surface area contributed by atoms with Crippen LogP contribution in [0.1, 0.15) is 38.1 Å². The van der Waals surface area contributed by atoms with Crippen molar-refractivity contribution >= 4 is 39.0 Å². The van der Waals surface area contributed by atoms with E-state index in [0.29, 0.717) is 6.54 Å². The summed E-state index contributed by atoms with van der Waals surface area (Å²) in [5.41, 5.74) is 1.81. The van der Waals surface area contributed by atoms with Crippen LogP contribution in [0, 0.1) is 0 Å². The number of likely N-dealkylation sites (tertiary alicyclic amines) is 1. The summed E-state index contributed by atoms with van der Waals surface area (Å²) < 4.78 is 5.55. The number of fused-ring (bicyclic) bond motifs is 1. The van der Waals surface area contributed by atoms with Crippen LogP contribution in [-0.2, 0) is 9.53 Å². The second kappa shape index (κ2) is 7.43. The minimum Gasteiger partial charge on any atom is -0.453 e. The van der Waals surface area contributed by atoms with E-state index < -0.39 is 12.1 Å². The number of ether oxygens (including phenoxy) is 1. The molecule has 0 spiro atoms. The number of carbonyl (C=O) groups is 2. The number of imidazole rings is 1. The maximum absolute atomic E-state index is 12.8. The number of aromatic nitrogens is 2. The molecule has 2 amide bonds. The quantitative estimate of drug-likeness (QED) is 0.816. The van der Waals surface area contributed by atoms with Gasteiger partial charge in [-0.2, -0.15) is 0 Å². The van der Waals surface area contributed by atoms with Gasteiger partial charge in [-0.05, 0) is 44.4 Å². The number of halogens is 1. The molecule has 1 aliphatic rings. The second-order valence-electron chi connectivity index (χ2n) is 6.18. The van der Waals surface area contributed by atoms with Crippen LogP contribution < -0.4 is 5.32 Å². The van der Waals surface area contributed by atoms with Crippen LogP contribution in [-0.4, -0.2) is 46.6 Å². The molecule has 3 rings (SSSR count). The Balaban J connectivity index is 1.84. The smallest absolute Gasteiger partial charge is 0.407 e. The Morgan fingerprint density at radius 3 is 3.00 bits per heavy atom. The molecule has 0 unspecified atom stereocenters. The standard InChI is InChI=1S/C17H21BrN4O3/c1-10(19-17(24)25-2)16(23)22-8-4-3-5-14(22)15-20-12-7-6-11(18)9-13(12)21-15/h6-7,9-10,14H,3-5,8H2,1-2H3,(H,19,24)(H,20,21)/t10-,14-/m0/s1. The van der Waals surface area contributed by atoms with Gasteiger partial charge in [-0.1, -0.05) is 15.9 Å². The third kappa shape index (κ3) is 3.78. The molecule has 1 aliphatic heterocycles. The van der Waals surface area contributed by atoms with Crippen molar-refractivity contribution in [1.82, 2.24) is 20.2 Å². The maximum Gasteiger partial charge on any atom is 0.407 e. The van der Waals surface area contributed by atoms with Crippen LogP contribution in [0.2, 0.25) is 0 Å². The number of methoxy groups -OCH3 is 1. The highest BCUT2D eigenvalue weighted by Gasteiger charge is 2.33. The van der Waals surface area contributed by atoms with Gasteiger partial charge >= 0.3 is 6.09 Å². The van der Waals surface area contributed by atoms with E-state index in [9.17, 15) is 9.59 Å². The van der Waals surface area contributed by atoms with Gasteiger partial charge in [0.15, 0.2) is 0 Å². The number of H-pyrrole nitrogens is 1. The van der Waals surface area contributed by atoms with Crippen molar-refractivity contribution < 1.29 is 14.3 Å². The van der Waals surface area contributed by atoms with Crippen molar-refractivity contribution in [2.24, 2.45) is 0 Å². The summed E-state index contributed by atoms with van der Waals surface area (Å²) >= 11 is 3.46. The highest BCUT2D eigenvalue weighted by molar-refractivity contribution is 9.10. The van der Waals surface area contributed by atoms with Gasteiger partial charge in [0.2, 0.25) is 5.91 Å². The van der Waals surface area contributed by atoms with E-state index in [1.165, 1.54) is 7.11 Å². The normalized spacial score (nSPS) is 18.8. The van der Waals surface area contributed by atoms with E-state index in [4.69, 9.17) is 0 Å². The van der Waals surface area contributed by atoms with Crippen LogP contribution in [0.25, 0.3) is 11.0 Å². The van der Waals surface area contributed by atoms with Crippen molar-refractivity contribution in [3.63, 3.8) is 0 Å². The fourth-order valence-electron chi connectivity index (χ4n) is 3.19. The lowest BCUT2D eigenvalue weighted by Gasteiger charge is -2.36. The summed E-state index contributed by atoms with van der Waals surface area (Å²) in [6, 6.07) is 5.10. The third-order valence-corrected chi connectivity index (χ3v) is 4.95. The predicted octanol–water partition coefficient (Wildman–Crippen LogP) is 3.12. The van der Waals surface area contributed by atoms with Crippen molar-refractivity contribution in [1.29, 1.82) is 0 Å². The SMILES string of the molecule is COC(=O)N[C@@H](C)C(=O)N1CCCC[C@H]1c1nc2ccc(Br)cc2[nH]1. The van der Waals surface area contributed by atoms with E-state index in [2.05, 4.69) is 36.0 Å². The molecular weight excluding hydrogens is 388 g/mol. The summed E-state index contributed by atoms with van der Waals surface area (Å²) in [5.74, 6) is 0.656. The number of aromatic amines is 1. The number of benzene rings is 1. The lowest BCUT2D eigenvalue weighted by molar-refractivity contribution is -0.137. The molecule has 1 fully saturated rings. The molecule has 1 aromatic heterocycles. The van der Waals surface area contributed by atoms with E-state index in [0.717, 1.165) is 40.6 Å². The van der Waals surface area contributed by atoms with Crippen molar-refractivity contribution in [2.75, 3.05) is 13.7 Å².